The molecular weight excluding hydrogens is 1040 g/mol. The molecule has 0 N–H and O–H groups in total. The van der Waals surface area contributed by atoms with Crippen molar-refractivity contribution in [2.24, 2.45) is 21.8 Å². The van der Waals surface area contributed by atoms with Crippen molar-refractivity contribution < 1.29 is 35.0 Å². The molecule has 4 aromatic rings. The normalized spacial score (nSPS) is 21.0. The van der Waals surface area contributed by atoms with E-state index in [1.54, 1.807) is 6.07 Å². The van der Waals surface area contributed by atoms with E-state index in [0.717, 1.165) is 125 Å². The number of aliphatic imine (C=N–C) groups is 2. The second-order valence-electron chi connectivity index (χ2n) is 18.9. The fraction of sp³-hybridized carbons (Fsp3) is 0.436. The zero-order valence-electron chi connectivity index (χ0n) is 38.8. The monoisotopic (exact) mass is 1090 g/mol. The molecular formula is C55H54Cl5CoF2N5O2. The Morgan fingerprint density at radius 3 is 1.77 bits per heavy atom. The smallest absolute Gasteiger partial charge is 0.667 e. The van der Waals surface area contributed by atoms with Crippen molar-refractivity contribution in [2.45, 2.75) is 140 Å². The zero-order valence-corrected chi connectivity index (χ0v) is 43.6. The van der Waals surface area contributed by atoms with Crippen LogP contribution < -0.4 is 19.4 Å². The maximum atomic E-state index is 14.6. The van der Waals surface area contributed by atoms with E-state index in [9.17, 15) is 8.78 Å². The van der Waals surface area contributed by atoms with Crippen LogP contribution in [0, 0.1) is 30.0 Å². The number of benzene rings is 2. The van der Waals surface area contributed by atoms with Crippen LogP contribution in [0.25, 0.3) is 16.4 Å². The second kappa shape index (κ2) is 24.3. The SMILES string of the molecule is Fc1ccc(O/C(=C2/N=C(C3CCCCC3)C(Cl)=C2Cl)c2cc(Cl)c(C3CCCCC3)[n-]2)c(F)c1.[C-]#[N+]c1c(C2CCCCC2)[n-]c(/C(Oc2ccccc2)=C2/C=C(Cl)C(C3CCCCC3)=N2)c1Cl.[Co+2]. The van der Waals surface area contributed by atoms with Crippen LogP contribution in [0.5, 0.6) is 11.5 Å². The Hall–Kier alpha value is -3.79. The Bertz CT molecular complexity index is 2760. The summed E-state index contributed by atoms with van der Waals surface area (Å²) in [6.07, 6.45) is 24.3. The van der Waals surface area contributed by atoms with Gasteiger partial charge in [0.05, 0.1) is 33.1 Å². The minimum Gasteiger partial charge on any atom is -0.667 e. The van der Waals surface area contributed by atoms with Crippen LogP contribution in [0.1, 0.15) is 163 Å². The summed E-state index contributed by atoms with van der Waals surface area (Å²) in [5, 5.41) is 2.17. The molecule has 7 nitrogen and oxygen atoms in total. The van der Waals surface area contributed by atoms with Gasteiger partial charge in [0.25, 0.3) is 0 Å². The molecule has 70 heavy (non-hydrogen) atoms. The van der Waals surface area contributed by atoms with Gasteiger partial charge in [0, 0.05) is 27.9 Å². The summed E-state index contributed by atoms with van der Waals surface area (Å²) < 4.78 is 40.5. The third-order valence-corrected chi connectivity index (χ3v) is 16.1. The number of ether oxygens (including phenoxy) is 2. The molecule has 4 heterocycles. The molecule has 10 rings (SSSR count). The Kier molecular flexibility index (Phi) is 18.2. The van der Waals surface area contributed by atoms with E-state index >= 15 is 0 Å². The molecule has 2 aromatic heterocycles. The Morgan fingerprint density at radius 2 is 1.19 bits per heavy atom. The number of hydrogen-bond donors (Lipinski definition) is 0. The van der Waals surface area contributed by atoms with E-state index in [1.807, 2.05) is 36.4 Å². The first-order valence-electron chi connectivity index (χ1n) is 24.6. The standard InChI is InChI=1S/C28H28Cl2N3O.C27H26Cl3F2N2O.Co/c1-31-26-23(30)27(33-25(26)19-13-7-3-8-14-19)28(34-20-15-9-4-10-16-20)22-17-21(29)24(32-22)18-11-5-2-6-12-18;28-18-14-20(33-24(18)15-7-3-1-4-8-15)27(35-21-12-11-17(31)13-19(21)32)26-23(30)22(29)25(34-26)16-9-5-2-6-10-16;/h4,9-10,15-19H,2-3,5-8,11-14H2;11-16H,1-10H2;/q2*-1;+2/b28-22+;27-26+;. The summed E-state index contributed by atoms with van der Waals surface area (Å²) in [5.41, 5.74) is 5.54. The van der Waals surface area contributed by atoms with Gasteiger partial charge in [-0.15, -0.1) is 5.69 Å². The number of rotatable bonds is 10. The van der Waals surface area contributed by atoms with E-state index in [0.29, 0.717) is 66.0 Å². The van der Waals surface area contributed by atoms with Gasteiger partial charge in [0.15, 0.2) is 17.3 Å². The third-order valence-electron chi connectivity index (χ3n) is 14.3. The van der Waals surface area contributed by atoms with E-state index in [4.69, 9.17) is 94.0 Å². The van der Waals surface area contributed by atoms with Gasteiger partial charge in [-0.05, 0) is 93.5 Å². The van der Waals surface area contributed by atoms with Crippen LogP contribution in [-0.2, 0) is 16.8 Å². The van der Waals surface area contributed by atoms with Crippen molar-refractivity contribution in [3.63, 3.8) is 0 Å². The fourth-order valence-corrected chi connectivity index (χ4v) is 12.1. The summed E-state index contributed by atoms with van der Waals surface area (Å²) in [7, 11) is 0. The molecule has 0 unspecified atom stereocenters. The molecule has 4 aliphatic carbocycles. The van der Waals surface area contributed by atoms with E-state index in [1.165, 1.54) is 44.6 Å². The van der Waals surface area contributed by atoms with Crippen LogP contribution in [0.4, 0.5) is 14.5 Å². The van der Waals surface area contributed by atoms with E-state index in [-0.39, 0.29) is 51.1 Å². The molecule has 0 spiro atoms. The Morgan fingerprint density at radius 1 is 0.614 bits per heavy atom. The van der Waals surface area contributed by atoms with Gasteiger partial charge < -0.3 is 19.4 Å². The first-order valence-corrected chi connectivity index (χ1v) is 26.5. The summed E-state index contributed by atoms with van der Waals surface area (Å²) in [4.78, 5) is 23.3. The molecule has 4 saturated carbocycles. The predicted molar refractivity (Wildman–Crippen MR) is 276 cm³/mol. The van der Waals surface area contributed by atoms with Crippen LogP contribution in [-0.4, -0.2) is 11.4 Å². The number of para-hydroxylation sites is 1. The molecule has 6 aliphatic rings. The molecule has 0 saturated heterocycles. The van der Waals surface area contributed by atoms with Crippen molar-refractivity contribution in [1.82, 2.24) is 9.97 Å². The molecule has 0 amide bonds. The summed E-state index contributed by atoms with van der Waals surface area (Å²) >= 11 is 33.5. The molecule has 4 fully saturated rings. The summed E-state index contributed by atoms with van der Waals surface area (Å²) in [6.45, 7) is 7.81. The predicted octanol–water partition coefficient (Wildman–Crippen LogP) is 17.9. The van der Waals surface area contributed by atoms with Gasteiger partial charge in [0.2, 0.25) is 0 Å². The quantitative estimate of drug-likeness (QED) is 0.117. The zero-order chi connectivity index (χ0) is 48.0. The van der Waals surface area contributed by atoms with Crippen molar-refractivity contribution >= 4 is 86.6 Å². The minimum absolute atomic E-state index is 0. The van der Waals surface area contributed by atoms with Gasteiger partial charge >= 0.3 is 16.8 Å². The molecule has 15 heteroatoms. The summed E-state index contributed by atoms with van der Waals surface area (Å²) in [6, 6.07) is 14.4. The topological polar surface area (TPSA) is 75.7 Å². The van der Waals surface area contributed by atoms with Crippen molar-refractivity contribution in [1.29, 1.82) is 0 Å². The molecule has 2 aromatic carbocycles. The number of allylic oxidation sites excluding steroid dienone is 4. The van der Waals surface area contributed by atoms with Crippen LogP contribution in [0.15, 0.2) is 97.1 Å². The van der Waals surface area contributed by atoms with Gasteiger partial charge in [-0.25, -0.2) is 23.6 Å². The van der Waals surface area contributed by atoms with E-state index < -0.39 is 11.6 Å². The average Bonchev–Trinajstić information content (AvgIpc) is 4.14. The summed E-state index contributed by atoms with van der Waals surface area (Å²) in [5.74, 6) is 0.696. The molecule has 2 aliphatic heterocycles. The number of hydrogen-bond acceptors (Lipinski definition) is 4. The van der Waals surface area contributed by atoms with Crippen LogP contribution in [0.2, 0.25) is 10.0 Å². The average molecular weight is 1090 g/mol. The Labute approximate surface area is 445 Å². The van der Waals surface area contributed by atoms with Gasteiger partial charge in [0.1, 0.15) is 34.5 Å². The van der Waals surface area contributed by atoms with Gasteiger partial charge in [-0.2, -0.15) is 5.69 Å². The van der Waals surface area contributed by atoms with E-state index in [2.05, 4.69) is 4.85 Å². The number of aromatic nitrogens is 2. The van der Waals surface area contributed by atoms with Gasteiger partial charge in [-0.1, -0.05) is 171 Å². The maximum Gasteiger partial charge on any atom is 2.00 e. The van der Waals surface area contributed by atoms with Crippen LogP contribution >= 0.6 is 58.0 Å². The molecule has 1 radical (unpaired) electrons. The van der Waals surface area contributed by atoms with Crippen molar-refractivity contribution in [3.05, 3.63) is 143 Å². The van der Waals surface area contributed by atoms with Crippen LogP contribution in [0.3, 0.4) is 0 Å². The van der Waals surface area contributed by atoms with Crippen molar-refractivity contribution in [2.75, 3.05) is 0 Å². The molecule has 369 valence electrons. The molecule has 0 bridgehead atoms. The van der Waals surface area contributed by atoms with Gasteiger partial charge in [-0.3, -0.25) is 0 Å². The molecule has 0 atom stereocenters. The Balaban J connectivity index is 0.000000186. The largest absolute Gasteiger partial charge is 2.00 e. The fourth-order valence-electron chi connectivity index (χ4n) is 10.7. The number of halogens is 7. The first-order chi connectivity index (χ1) is 33.6. The second-order valence-corrected chi connectivity index (χ2v) is 20.9. The first kappa shape index (κ1) is 52.5. The number of nitrogens with zero attached hydrogens (tertiary/aromatic N) is 5. The maximum absolute atomic E-state index is 14.6. The third kappa shape index (κ3) is 11.8. The minimum atomic E-state index is -0.839. The van der Waals surface area contributed by atoms with Crippen molar-refractivity contribution in [3.8, 4) is 11.5 Å².